The molecule has 0 bridgehead atoms. The molecule has 1 aromatic heterocycles. The second-order valence-corrected chi connectivity index (χ2v) is 4.43. The maximum atomic E-state index is 5.77. The van der Waals surface area contributed by atoms with Gasteiger partial charge in [-0.25, -0.2) is 4.98 Å². The average Bonchev–Trinajstić information content (AvgIpc) is 2.96. The summed E-state index contributed by atoms with van der Waals surface area (Å²) in [5.41, 5.74) is 0.897. The first kappa shape index (κ1) is 14.4. The fourth-order valence-corrected chi connectivity index (χ4v) is 1.93. The van der Waals surface area contributed by atoms with Gasteiger partial charge in [-0.1, -0.05) is 0 Å². The lowest BCUT2D eigenvalue weighted by Gasteiger charge is -2.06. The van der Waals surface area contributed by atoms with Crippen molar-refractivity contribution in [3.8, 4) is 22.8 Å². The number of oxazole rings is 1. The molecule has 2 rings (SSSR count). The van der Waals surface area contributed by atoms with E-state index in [1.807, 2.05) is 25.2 Å². The summed E-state index contributed by atoms with van der Waals surface area (Å²) in [5.74, 6) is 2.93. The zero-order valence-electron chi connectivity index (χ0n) is 12.1. The molecule has 1 heterocycles. The van der Waals surface area contributed by atoms with Gasteiger partial charge in [-0.05, 0) is 32.1 Å². The van der Waals surface area contributed by atoms with E-state index < -0.39 is 0 Å². The Labute approximate surface area is 118 Å². The van der Waals surface area contributed by atoms with E-state index in [0.29, 0.717) is 0 Å². The Morgan fingerprint density at radius 1 is 1.15 bits per heavy atom. The van der Waals surface area contributed by atoms with Crippen molar-refractivity contribution in [2.75, 3.05) is 27.8 Å². The third-order valence-electron chi connectivity index (χ3n) is 3.01. The summed E-state index contributed by atoms with van der Waals surface area (Å²) >= 11 is 0. The highest BCUT2D eigenvalue weighted by molar-refractivity contribution is 5.61. The highest BCUT2D eigenvalue weighted by Gasteiger charge is 2.09. The van der Waals surface area contributed by atoms with Crippen LogP contribution in [0.4, 0.5) is 0 Å². The first-order valence-corrected chi connectivity index (χ1v) is 6.59. The number of aromatic nitrogens is 1. The van der Waals surface area contributed by atoms with E-state index in [-0.39, 0.29) is 0 Å². The maximum Gasteiger partial charge on any atom is 0.194 e. The predicted molar refractivity (Wildman–Crippen MR) is 77.3 cm³/mol. The highest BCUT2D eigenvalue weighted by atomic mass is 16.5. The molecule has 0 aliphatic heterocycles. The molecule has 0 saturated heterocycles. The zero-order chi connectivity index (χ0) is 14.4. The Kier molecular flexibility index (Phi) is 5.01. The molecular formula is C15H20N2O3. The van der Waals surface area contributed by atoms with E-state index in [0.717, 1.165) is 48.1 Å². The average molecular weight is 276 g/mol. The largest absolute Gasteiger partial charge is 0.497 e. The van der Waals surface area contributed by atoms with E-state index in [9.17, 15) is 0 Å². The summed E-state index contributed by atoms with van der Waals surface area (Å²) in [6, 6.07) is 5.63. The molecule has 0 aliphatic carbocycles. The van der Waals surface area contributed by atoms with Gasteiger partial charge in [0.05, 0.1) is 20.4 Å². The highest BCUT2D eigenvalue weighted by Crippen LogP contribution is 2.30. The Bertz CT molecular complexity index is 530. The van der Waals surface area contributed by atoms with Gasteiger partial charge in [-0.3, -0.25) is 0 Å². The van der Waals surface area contributed by atoms with Gasteiger partial charge in [0, 0.05) is 18.1 Å². The molecule has 5 nitrogen and oxygen atoms in total. The lowest BCUT2D eigenvalue weighted by Crippen LogP contribution is -2.08. The van der Waals surface area contributed by atoms with Crippen molar-refractivity contribution >= 4 is 0 Å². The molecule has 5 heteroatoms. The Morgan fingerprint density at radius 3 is 2.45 bits per heavy atom. The van der Waals surface area contributed by atoms with Crippen LogP contribution in [0.5, 0.6) is 11.5 Å². The Balaban J connectivity index is 2.18. The number of ether oxygens (including phenoxy) is 2. The molecule has 0 aliphatic rings. The lowest BCUT2D eigenvalue weighted by atomic mass is 10.1. The molecule has 1 N–H and O–H groups in total. The normalized spacial score (nSPS) is 10.6. The lowest BCUT2D eigenvalue weighted by molar-refractivity contribution is 0.394. The molecule has 0 unspecified atom stereocenters. The Morgan fingerprint density at radius 2 is 1.85 bits per heavy atom. The van der Waals surface area contributed by atoms with Crippen LogP contribution in [0.25, 0.3) is 11.3 Å². The molecule has 0 amide bonds. The van der Waals surface area contributed by atoms with Crippen molar-refractivity contribution in [3.05, 3.63) is 30.3 Å². The summed E-state index contributed by atoms with van der Waals surface area (Å²) in [5, 5.41) is 3.10. The monoisotopic (exact) mass is 276 g/mol. The van der Waals surface area contributed by atoms with Crippen molar-refractivity contribution in [2.45, 2.75) is 12.8 Å². The van der Waals surface area contributed by atoms with Gasteiger partial charge in [-0.2, -0.15) is 0 Å². The van der Waals surface area contributed by atoms with Gasteiger partial charge in [-0.15, -0.1) is 0 Å². The number of benzene rings is 1. The molecule has 2 aromatic rings. The molecule has 0 fully saturated rings. The first-order valence-electron chi connectivity index (χ1n) is 6.59. The zero-order valence-corrected chi connectivity index (χ0v) is 12.1. The fraction of sp³-hybridized carbons (Fsp3) is 0.400. The van der Waals surface area contributed by atoms with Crippen molar-refractivity contribution in [1.82, 2.24) is 10.3 Å². The quantitative estimate of drug-likeness (QED) is 0.787. The number of hydrogen-bond acceptors (Lipinski definition) is 5. The van der Waals surface area contributed by atoms with Crippen LogP contribution >= 0.6 is 0 Å². The van der Waals surface area contributed by atoms with Gasteiger partial charge in [0.25, 0.3) is 0 Å². The molecule has 0 atom stereocenters. The summed E-state index contributed by atoms with van der Waals surface area (Å²) < 4.78 is 16.3. The molecule has 1 aromatic carbocycles. The van der Waals surface area contributed by atoms with Crippen LogP contribution in [0.15, 0.2) is 28.8 Å². The second kappa shape index (κ2) is 6.96. The van der Waals surface area contributed by atoms with Crippen molar-refractivity contribution in [3.63, 3.8) is 0 Å². The molecule has 0 radical (unpaired) electrons. The summed E-state index contributed by atoms with van der Waals surface area (Å²) in [7, 11) is 5.19. The van der Waals surface area contributed by atoms with Crippen LogP contribution in [0, 0.1) is 0 Å². The molecule has 0 spiro atoms. The minimum atomic E-state index is 0.724. The van der Waals surface area contributed by atoms with Crippen LogP contribution in [-0.4, -0.2) is 32.8 Å². The minimum Gasteiger partial charge on any atom is -0.497 e. The number of hydrogen-bond donors (Lipinski definition) is 1. The first-order chi connectivity index (χ1) is 9.76. The molecule has 0 saturated carbocycles. The second-order valence-electron chi connectivity index (χ2n) is 4.43. The van der Waals surface area contributed by atoms with E-state index in [4.69, 9.17) is 13.9 Å². The van der Waals surface area contributed by atoms with Gasteiger partial charge in [0.1, 0.15) is 11.5 Å². The molecular weight excluding hydrogens is 256 g/mol. The van der Waals surface area contributed by atoms with Crippen LogP contribution in [0.1, 0.15) is 12.3 Å². The standard InChI is InChI=1S/C15H20N2O3/c1-16-6-4-5-15-17-10-14(20-15)11-7-12(18-2)9-13(8-11)19-3/h7-10,16H,4-6H2,1-3H3. The van der Waals surface area contributed by atoms with Crippen LogP contribution in [0.2, 0.25) is 0 Å². The van der Waals surface area contributed by atoms with Crippen LogP contribution in [-0.2, 0) is 6.42 Å². The van der Waals surface area contributed by atoms with Gasteiger partial charge >= 0.3 is 0 Å². The number of methoxy groups -OCH3 is 2. The van der Waals surface area contributed by atoms with E-state index in [1.165, 1.54) is 0 Å². The molecule has 108 valence electrons. The summed E-state index contributed by atoms with van der Waals surface area (Å²) in [6.45, 7) is 0.949. The third kappa shape index (κ3) is 3.51. The summed E-state index contributed by atoms with van der Waals surface area (Å²) in [4.78, 5) is 4.30. The number of nitrogens with one attached hydrogen (secondary N) is 1. The maximum absolute atomic E-state index is 5.77. The van der Waals surface area contributed by atoms with Crippen LogP contribution in [0.3, 0.4) is 0 Å². The van der Waals surface area contributed by atoms with E-state index >= 15 is 0 Å². The third-order valence-corrected chi connectivity index (χ3v) is 3.01. The van der Waals surface area contributed by atoms with E-state index in [2.05, 4.69) is 10.3 Å². The van der Waals surface area contributed by atoms with Crippen molar-refractivity contribution in [1.29, 1.82) is 0 Å². The number of rotatable bonds is 7. The van der Waals surface area contributed by atoms with E-state index in [1.54, 1.807) is 20.4 Å². The van der Waals surface area contributed by atoms with Crippen LogP contribution < -0.4 is 14.8 Å². The van der Waals surface area contributed by atoms with Crippen molar-refractivity contribution in [2.24, 2.45) is 0 Å². The van der Waals surface area contributed by atoms with Gasteiger partial charge in [0.15, 0.2) is 11.7 Å². The van der Waals surface area contributed by atoms with Gasteiger partial charge in [0.2, 0.25) is 0 Å². The number of nitrogens with zero attached hydrogens (tertiary/aromatic N) is 1. The smallest absolute Gasteiger partial charge is 0.194 e. The SMILES string of the molecule is CNCCCc1ncc(-c2cc(OC)cc(OC)c2)o1. The predicted octanol–water partition coefficient (Wildman–Crippen LogP) is 2.51. The molecule has 20 heavy (non-hydrogen) atoms. The Hall–Kier alpha value is -2.01. The van der Waals surface area contributed by atoms with Gasteiger partial charge < -0.3 is 19.2 Å². The van der Waals surface area contributed by atoms with Crippen molar-refractivity contribution < 1.29 is 13.9 Å². The number of aryl methyl sites for hydroxylation is 1. The fourth-order valence-electron chi connectivity index (χ4n) is 1.93. The topological polar surface area (TPSA) is 56.5 Å². The minimum absolute atomic E-state index is 0.724. The summed E-state index contributed by atoms with van der Waals surface area (Å²) in [6.07, 6.45) is 3.56.